The fraction of sp³-hybridized carbons (Fsp3) is 0.429. The SMILES string of the molecule is CC(C)Oc1ccc(-c2nc(-c3cccc4c3CCC4)no2)cc1C#N.NC(=O)N1CCC(CO)CC1. The second kappa shape index (κ2) is 11.9. The molecule has 0 unspecified atom stereocenters. The van der Waals surface area contributed by atoms with Gasteiger partial charge in [-0.2, -0.15) is 10.2 Å². The van der Waals surface area contributed by atoms with E-state index < -0.39 is 0 Å². The maximum absolute atomic E-state index is 10.6. The topological polar surface area (TPSA) is 138 Å². The predicted octanol–water partition coefficient (Wildman–Crippen LogP) is 4.32. The van der Waals surface area contributed by atoms with Gasteiger partial charge in [-0.15, -0.1) is 0 Å². The van der Waals surface area contributed by atoms with E-state index in [1.807, 2.05) is 32.0 Å². The number of nitrogens with zero attached hydrogens (tertiary/aromatic N) is 4. The number of rotatable bonds is 5. The minimum absolute atomic E-state index is 0.00290. The first-order chi connectivity index (χ1) is 17.9. The largest absolute Gasteiger partial charge is 0.490 e. The van der Waals surface area contributed by atoms with Crippen LogP contribution in [0.3, 0.4) is 0 Å². The molecule has 1 aromatic heterocycles. The van der Waals surface area contributed by atoms with Crippen molar-refractivity contribution in [2.75, 3.05) is 19.7 Å². The van der Waals surface area contributed by atoms with Crippen molar-refractivity contribution in [1.29, 1.82) is 5.26 Å². The van der Waals surface area contributed by atoms with Crippen LogP contribution in [0.1, 0.15) is 49.8 Å². The molecule has 2 amide bonds. The number of hydrogen-bond donors (Lipinski definition) is 2. The zero-order valence-electron chi connectivity index (χ0n) is 21.3. The number of aromatic nitrogens is 2. The number of amides is 2. The third kappa shape index (κ3) is 6.27. The van der Waals surface area contributed by atoms with Crippen molar-refractivity contribution in [2.45, 2.75) is 52.1 Å². The fourth-order valence-electron chi connectivity index (χ4n) is 4.72. The van der Waals surface area contributed by atoms with Crippen molar-refractivity contribution >= 4 is 6.03 Å². The van der Waals surface area contributed by atoms with Crippen LogP contribution >= 0.6 is 0 Å². The molecule has 1 aliphatic carbocycles. The summed E-state index contributed by atoms with van der Waals surface area (Å²) in [5, 5.41) is 22.3. The van der Waals surface area contributed by atoms with Crippen LogP contribution in [-0.2, 0) is 12.8 Å². The summed E-state index contributed by atoms with van der Waals surface area (Å²) < 4.78 is 11.1. The second-order valence-electron chi connectivity index (χ2n) is 9.66. The number of urea groups is 1. The number of likely N-dealkylation sites (tertiary alicyclic amines) is 1. The van der Waals surface area contributed by atoms with Crippen molar-refractivity contribution < 1.29 is 19.2 Å². The average molecular weight is 504 g/mol. The Morgan fingerprint density at radius 2 is 2.05 bits per heavy atom. The van der Waals surface area contributed by atoms with Gasteiger partial charge in [-0.1, -0.05) is 23.4 Å². The summed E-state index contributed by atoms with van der Waals surface area (Å²) in [6.45, 7) is 5.48. The summed E-state index contributed by atoms with van der Waals surface area (Å²) in [4.78, 5) is 16.8. The molecule has 0 atom stereocenters. The van der Waals surface area contributed by atoms with E-state index in [4.69, 9.17) is 20.1 Å². The van der Waals surface area contributed by atoms with Gasteiger partial charge < -0.3 is 25.0 Å². The molecule has 2 heterocycles. The van der Waals surface area contributed by atoms with Gasteiger partial charge in [-0.25, -0.2) is 4.79 Å². The maximum Gasteiger partial charge on any atom is 0.314 e. The summed E-state index contributed by atoms with van der Waals surface area (Å²) in [7, 11) is 0. The Bertz CT molecular complexity index is 1270. The molecule has 2 aliphatic rings. The van der Waals surface area contributed by atoms with Crippen LogP contribution < -0.4 is 10.5 Å². The number of nitriles is 1. The monoisotopic (exact) mass is 503 g/mol. The second-order valence-corrected chi connectivity index (χ2v) is 9.66. The van der Waals surface area contributed by atoms with Gasteiger partial charge in [0.2, 0.25) is 5.82 Å². The lowest BCUT2D eigenvalue weighted by Crippen LogP contribution is -2.42. The molecule has 9 nitrogen and oxygen atoms in total. The minimum Gasteiger partial charge on any atom is -0.490 e. The molecule has 1 fully saturated rings. The van der Waals surface area contributed by atoms with Crippen LogP contribution in [0.15, 0.2) is 40.9 Å². The summed E-state index contributed by atoms with van der Waals surface area (Å²) >= 11 is 0. The summed E-state index contributed by atoms with van der Waals surface area (Å²) in [6.07, 6.45) is 5.08. The quantitative estimate of drug-likeness (QED) is 0.529. The smallest absolute Gasteiger partial charge is 0.314 e. The Labute approximate surface area is 216 Å². The Morgan fingerprint density at radius 1 is 1.27 bits per heavy atom. The number of aliphatic hydroxyl groups excluding tert-OH is 1. The summed E-state index contributed by atoms with van der Waals surface area (Å²) in [6, 6.07) is 13.4. The van der Waals surface area contributed by atoms with Gasteiger partial charge in [0.1, 0.15) is 11.8 Å². The van der Waals surface area contributed by atoms with E-state index in [-0.39, 0.29) is 18.7 Å². The van der Waals surface area contributed by atoms with E-state index in [2.05, 4.69) is 22.3 Å². The first kappa shape index (κ1) is 26.2. The van der Waals surface area contributed by atoms with Gasteiger partial charge in [0.25, 0.3) is 5.89 Å². The van der Waals surface area contributed by atoms with Gasteiger partial charge in [0.05, 0.1) is 11.7 Å². The third-order valence-electron chi connectivity index (χ3n) is 6.71. The number of carbonyl (C=O) groups is 1. The number of hydrogen-bond acceptors (Lipinski definition) is 7. The number of carbonyl (C=O) groups excluding carboxylic acids is 1. The van der Waals surface area contributed by atoms with Gasteiger partial charge in [0.15, 0.2) is 0 Å². The van der Waals surface area contributed by atoms with E-state index in [1.165, 1.54) is 17.5 Å². The van der Waals surface area contributed by atoms with E-state index >= 15 is 0 Å². The number of piperidine rings is 1. The molecule has 9 heteroatoms. The lowest BCUT2D eigenvalue weighted by atomic mass is 9.98. The fourth-order valence-corrected chi connectivity index (χ4v) is 4.72. The first-order valence-electron chi connectivity index (χ1n) is 12.7. The zero-order chi connectivity index (χ0) is 26.4. The number of benzene rings is 2. The number of nitrogens with two attached hydrogens (primary N) is 1. The van der Waals surface area contributed by atoms with Crippen LogP contribution in [0, 0.1) is 17.2 Å². The van der Waals surface area contributed by atoms with Gasteiger partial charge in [0, 0.05) is 30.8 Å². The molecule has 1 aliphatic heterocycles. The summed E-state index contributed by atoms with van der Waals surface area (Å²) in [5.74, 6) is 1.93. The molecule has 0 spiro atoms. The highest BCUT2D eigenvalue weighted by Gasteiger charge is 2.21. The highest BCUT2D eigenvalue weighted by Crippen LogP contribution is 2.33. The zero-order valence-corrected chi connectivity index (χ0v) is 21.3. The number of fused-ring (bicyclic) bond motifs is 1. The molecule has 2 aromatic carbocycles. The van der Waals surface area contributed by atoms with Crippen LogP contribution in [-0.4, -0.2) is 52.0 Å². The molecule has 0 bridgehead atoms. The Balaban J connectivity index is 0.000000245. The van der Waals surface area contributed by atoms with E-state index in [9.17, 15) is 10.1 Å². The highest BCUT2D eigenvalue weighted by molar-refractivity contribution is 5.72. The van der Waals surface area contributed by atoms with E-state index in [0.29, 0.717) is 47.6 Å². The van der Waals surface area contributed by atoms with Crippen LogP contribution in [0.4, 0.5) is 4.79 Å². The third-order valence-corrected chi connectivity index (χ3v) is 6.71. The molecular weight excluding hydrogens is 470 g/mol. The number of aliphatic hydroxyl groups is 1. The Hall–Kier alpha value is -3.90. The van der Waals surface area contributed by atoms with Gasteiger partial charge >= 0.3 is 6.03 Å². The molecule has 37 heavy (non-hydrogen) atoms. The van der Waals surface area contributed by atoms with Crippen LogP contribution in [0.5, 0.6) is 5.75 Å². The standard InChI is InChI=1S/C21H19N3O2.C7H14N2O2/c1-13(2)25-19-10-9-15(11-16(19)12-22)21-23-20(24-26-21)18-8-4-6-14-5-3-7-17(14)18;8-7(11)9-3-1-6(5-10)2-4-9/h4,6,8-11,13H,3,5,7H2,1-2H3;6,10H,1-5H2,(H2,8,11). The van der Waals surface area contributed by atoms with Crippen LogP contribution in [0.25, 0.3) is 22.8 Å². The molecule has 0 saturated carbocycles. The molecule has 0 radical (unpaired) electrons. The molecular formula is C28H33N5O4. The first-order valence-corrected chi connectivity index (χ1v) is 12.7. The van der Waals surface area contributed by atoms with Crippen molar-refractivity contribution in [2.24, 2.45) is 11.7 Å². The molecule has 194 valence electrons. The number of aryl methyl sites for hydroxylation is 1. The normalized spacial score (nSPS) is 15.1. The minimum atomic E-state index is -0.346. The van der Waals surface area contributed by atoms with Crippen LogP contribution in [0.2, 0.25) is 0 Å². The molecule has 5 rings (SSSR count). The Morgan fingerprint density at radius 3 is 2.73 bits per heavy atom. The molecule has 3 aromatic rings. The van der Waals surface area contributed by atoms with Crippen molar-refractivity contribution in [1.82, 2.24) is 15.0 Å². The summed E-state index contributed by atoms with van der Waals surface area (Å²) in [5.41, 5.74) is 9.97. The lowest BCUT2D eigenvalue weighted by Gasteiger charge is -2.29. The van der Waals surface area contributed by atoms with E-state index in [1.54, 1.807) is 17.0 Å². The molecule has 1 saturated heterocycles. The number of ether oxygens (including phenoxy) is 1. The molecule has 3 N–H and O–H groups in total. The van der Waals surface area contributed by atoms with Crippen molar-refractivity contribution in [3.05, 3.63) is 53.1 Å². The Kier molecular flexibility index (Phi) is 8.41. The predicted molar refractivity (Wildman–Crippen MR) is 139 cm³/mol. The van der Waals surface area contributed by atoms with Crippen molar-refractivity contribution in [3.63, 3.8) is 0 Å². The number of primary amides is 1. The van der Waals surface area contributed by atoms with E-state index in [0.717, 1.165) is 31.2 Å². The van der Waals surface area contributed by atoms with Crippen molar-refractivity contribution in [3.8, 4) is 34.7 Å². The average Bonchev–Trinajstić information content (AvgIpc) is 3.59. The maximum atomic E-state index is 10.6. The highest BCUT2D eigenvalue weighted by atomic mass is 16.5. The van der Waals surface area contributed by atoms with Gasteiger partial charge in [-0.05, 0) is 81.2 Å². The van der Waals surface area contributed by atoms with Gasteiger partial charge in [-0.3, -0.25) is 0 Å². The lowest BCUT2D eigenvalue weighted by molar-refractivity contribution is 0.142.